The van der Waals surface area contributed by atoms with E-state index in [9.17, 15) is 9.18 Å². The van der Waals surface area contributed by atoms with E-state index in [1.165, 1.54) is 12.1 Å². The van der Waals surface area contributed by atoms with Crippen molar-refractivity contribution in [3.8, 4) is 17.2 Å². The van der Waals surface area contributed by atoms with Gasteiger partial charge in [0.15, 0.2) is 18.2 Å². The van der Waals surface area contributed by atoms with Gasteiger partial charge in [0, 0.05) is 12.6 Å². The van der Waals surface area contributed by atoms with Crippen LogP contribution < -0.4 is 19.5 Å². The summed E-state index contributed by atoms with van der Waals surface area (Å²) in [4.78, 5) is 11.8. The average Bonchev–Trinajstić information content (AvgIpc) is 2.58. The van der Waals surface area contributed by atoms with E-state index < -0.39 is 5.82 Å². The van der Waals surface area contributed by atoms with Crippen LogP contribution in [0.3, 0.4) is 0 Å². The fourth-order valence-corrected chi connectivity index (χ4v) is 1.93. The zero-order valence-corrected chi connectivity index (χ0v) is 13.0. The van der Waals surface area contributed by atoms with Crippen LogP contribution in [-0.4, -0.2) is 26.7 Å². The number of ether oxygens (including phenoxy) is 3. The van der Waals surface area contributed by atoms with Gasteiger partial charge >= 0.3 is 0 Å². The highest BCUT2D eigenvalue weighted by molar-refractivity contribution is 5.77. The van der Waals surface area contributed by atoms with Crippen LogP contribution in [-0.2, 0) is 11.3 Å². The molecule has 0 radical (unpaired) electrons. The first-order valence-corrected chi connectivity index (χ1v) is 6.98. The van der Waals surface area contributed by atoms with Crippen molar-refractivity contribution in [1.29, 1.82) is 0 Å². The predicted molar refractivity (Wildman–Crippen MR) is 83.3 cm³/mol. The molecule has 0 heterocycles. The molecule has 0 spiro atoms. The van der Waals surface area contributed by atoms with Crippen LogP contribution in [0.1, 0.15) is 5.56 Å². The number of carbonyl (C=O) groups excluding carboxylic acids is 1. The molecule has 0 aliphatic carbocycles. The minimum Gasteiger partial charge on any atom is -0.497 e. The molecule has 0 aliphatic heterocycles. The van der Waals surface area contributed by atoms with Crippen molar-refractivity contribution < 1.29 is 23.4 Å². The van der Waals surface area contributed by atoms with Gasteiger partial charge in [0.25, 0.3) is 5.91 Å². The standard InChI is InChI=1S/C17H18FNO4/c1-21-13-7-12(8-14(9-13)22-2)10-19-17(20)11-23-16-6-4-3-5-15(16)18/h3-9H,10-11H2,1-2H3,(H,19,20). The molecule has 2 aromatic carbocycles. The Balaban J connectivity index is 1.88. The number of hydrogen-bond acceptors (Lipinski definition) is 4. The SMILES string of the molecule is COc1cc(CNC(=O)COc2ccccc2F)cc(OC)c1. The average molecular weight is 319 g/mol. The molecule has 0 atom stereocenters. The van der Waals surface area contributed by atoms with Gasteiger partial charge in [-0.05, 0) is 29.8 Å². The number of hydrogen-bond donors (Lipinski definition) is 1. The number of benzene rings is 2. The lowest BCUT2D eigenvalue weighted by atomic mass is 10.2. The van der Waals surface area contributed by atoms with E-state index in [0.29, 0.717) is 11.5 Å². The van der Waals surface area contributed by atoms with Crippen LogP contribution in [0.15, 0.2) is 42.5 Å². The summed E-state index contributed by atoms with van der Waals surface area (Å²) in [6.45, 7) is 0.0229. The van der Waals surface area contributed by atoms with Gasteiger partial charge in [-0.1, -0.05) is 12.1 Å². The number of halogens is 1. The predicted octanol–water partition coefficient (Wildman–Crippen LogP) is 2.54. The molecule has 0 aliphatic rings. The Morgan fingerprint density at radius 1 is 1.09 bits per heavy atom. The fraction of sp³-hybridized carbons (Fsp3) is 0.235. The Hall–Kier alpha value is -2.76. The Morgan fingerprint density at radius 3 is 2.35 bits per heavy atom. The molecule has 23 heavy (non-hydrogen) atoms. The summed E-state index contributed by atoms with van der Waals surface area (Å²) in [5.41, 5.74) is 0.820. The van der Waals surface area contributed by atoms with Gasteiger partial charge in [-0.25, -0.2) is 4.39 Å². The first kappa shape index (κ1) is 16.6. The topological polar surface area (TPSA) is 56.8 Å². The molecule has 1 N–H and O–H groups in total. The molecule has 122 valence electrons. The molecule has 5 nitrogen and oxygen atoms in total. The molecule has 0 bridgehead atoms. The molecule has 0 aromatic heterocycles. The number of amides is 1. The van der Waals surface area contributed by atoms with Crippen molar-refractivity contribution in [3.63, 3.8) is 0 Å². The maximum atomic E-state index is 13.4. The third-order valence-electron chi connectivity index (χ3n) is 3.10. The Kier molecular flexibility index (Phi) is 5.80. The summed E-state index contributed by atoms with van der Waals surface area (Å²) in [6, 6.07) is 11.3. The summed E-state index contributed by atoms with van der Waals surface area (Å²) < 4.78 is 28.8. The van der Waals surface area contributed by atoms with Crippen LogP contribution in [0.5, 0.6) is 17.2 Å². The molecule has 0 saturated heterocycles. The van der Waals surface area contributed by atoms with Gasteiger partial charge in [-0.3, -0.25) is 4.79 Å². The highest BCUT2D eigenvalue weighted by Crippen LogP contribution is 2.22. The van der Waals surface area contributed by atoms with E-state index in [-0.39, 0.29) is 24.8 Å². The van der Waals surface area contributed by atoms with E-state index in [1.54, 1.807) is 44.6 Å². The van der Waals surface area contributed by atoms with Crippen molar-refractivity contribution in [2.45, 2.75) is 6.54 Å². The number of nitrogens with one attached hydrogen (secondary N) is 1. The minimum absolute atomic E-state index is 0.0469. The smallest absolute Gasteiger partial charge is 0.258 e. The molecule has 2 aromatic rings. The third kappa shape index (κ3) is 4.88. The van der Waals surface area contributed by atoms with E-state index in [1.807, 2.05) is 0 Å². The number of methoxy groups -OCH3 is 2. The summed E-state index contributed by atoms with van der Waals surface area (Å²) in [5, 5.41) is 2.69. The zero-order valence-electron chi connectivity index (χ0n) is 13.0. The van der Waals surface area contributed by atoms with E-state index in [0.717, 1.165) is 5.56 Å². The molecule has 6 heteroatoms. The lowest BCUT2D eigenvalue weighted by Gasteiger charge is -2.10. The number of para-hydroxylation sites is 1. The maximum Gasteiger partial charge on any atom is 0.258 e. The maximum absolute atomic E-state index is 13.4. The van der Waals surface area contributed by atoms with Gasteiger partial charge in [0.1, 0.15) is 11.5 Å². The normalized spacial score (nSPS) is 10.0. The molecule has 0 saturated carbocycles. The van der Waals surface area contributed by atoms with Crippen molar-refractivity contribution in [2.24, 2.45) is 0 Å². The second-order valence-electron chi connectivity index (χ2n) is 4.72. The van der Waals surface area contributed by atoms with Crippen molar-refractivity contribution in [3.05, 3.63) is 53.8 Å². The van der Waals surface area contributed by atoms with Gasteiger partial charge in [0.2, 0.25) is 0 Å². The molecular formula is C17H18FNO4. The molecular weight excluding hydrogens is 301 g/mol. The Labute approximate surface area is 134 Å². The molecule has 0 unspecified atom stereocenters. The van der Waals surface area contributed by atoms with Crippen LogP contribution in [0.25, 0.3) is 0 Å². The second-order valence-corrected chi connectivity index (χ2v) is 4.72. The molecule has 2 rings (SSSR count). The summed E-state index contributed by atoms with van der Waals surface area (Å²) in [7, 11) is 3.11. The Bertz CT molecular complexity index is 653. The summed E-state index contributed by atoms with van der Waals surface area (Å²) in [5.74, 6) is 0.464. The first-order valence-electron chi connectivity index (χ1n) is 6.98. The number of rotatable bonds is 7. The van der Waals surface area contributed by atoms with Crippen LogP contribution >= 0.6 is 0 Å². The quantitative estimate of drug-likeness (QED) is 0.852. The van der Waals surface area contributed by atoms with Gasteiger partial charge in [-0.2, -0.15) is 0 Å². The van der Waals surface area contributed by atoms with Crippen molar-refractivity contribution in [1.82, 2.24) is 5.32 Å². The van der Waals surface area contributed by atoms with Crippen LogP contribution in [0, 0.1) is 5.82 Å². The van der Waals surface area contributed by atoms with E-state index in [2.05, 4.69) is 5.32 Å². The van der Waals surface area contributed by atoms with E-state index in [4.69, 9.17) is 14.2 Å². The minimum atomic E-state index is -0.502. The highest BCUT2D eigenvalue weighted by atomic mass is 19.1. The zero-order chi connectivity index (χ0) is 16.7. The van der Waals surface area contributed by atoms with Gasteiger partial charge in [0.05, 0.1) is 14.2 Å². The lowest BCUT2D eigenvalue weighted by molar-refractivity contribution is -0.123. The van der Waals surface area contributed by atoms with Crippen LogP contribution in [0.2, 0.25) is 0 Å². The van der Waals surface area contributed by atoms with E-state index >= 15 is 0 Å². The second kappa shape index (κ2) is 8.03. The number of carbonyl (C=O) groups is 1. The van der Waals surface area contributed by atoms with Crippen molar-refractivity contribution in [2.75, 3.05) is 20.8 Å². The molecule has 1 amide bonds. The summed E-state index contributed by atoms with van der Waals surface area (Å²) >= 11 is 0. The Morgan fingerprint density at radius 2 is 1.74 bits per heavy atom. The molecule has 0 fully saturated rings. The monoisotopic (exact) mass is 319 g/mol. The first-order chi connectivity index (χ1) is 11.1. The van der Waals surface area contributed by atoms with Gasteiger partial charge in [-0.15, -0.1) is 0 Å². The fourth-order valence-electron chi connectivity index (χ4n) is 1.93. The lowest BCUT2D eigenvalue weighted by Crippen LogP contribution is -2.28. The third-order valence-corrected chi connectivity index (χ3v) is 3.10. The highest BCUT2D eigenvalue weighted by Gasteiger charge is 2.07. The summed E-state index contributed by atoms with van der Waals surface area (Å²) in [6.07, 6.45) is 0. The van der Waals surface area contributed by atoms with Gasteiger partial charge < -0.3 is 19.5 Å². The van der Waals surface area contributed by atoms with Crippen LogP contribution in [0.4, 0.5) is 4.39 Å². The largest absolute Gasteiger partial charge is 0.497 e. The van der Waals surface area contributed by atoms with Crippen molar-refractivity contribution >= 4 is 5.91 Å².